The Morgan fingerprint density at radius 1 is 1.12 bits per heavy atom. The second kappa shape index (κ2) is 7.91. The standard InChI is InChI=1S/C20H18F2N2O2/c1-13-5-7-14(8-6-13)11-23-18(25)9-10-19-24-12-17(26-19)20-15(21)3-2-4-16(20)22/h2-8,12H,9-11H2,1H3,(H,23,25). The molecule has 0 atom stereocenters. The summed E-state index contributed by atoms with van der Waals surface area (Å²) in [5.74, 6) is -1.32. The first kappa shape index (κ1) is 17.8. The first-order valence-electron chi connectivity index (χ1n) is 8.24. The third-order valence-electron chi connectivity index (χ3n) is 3.94. The Morgan fingerprint density at radius 2 is 1.81 bits per heavy atom. The zero-order chi connectivity index (χ0) is 18.5. The largest absolute Gasteiger partial charge is 0.441 e. The van der Waals surface area contributed by atoms with Gasteiger partial charge < -0.3 is 9.73 Å². The lowest BCUT2D eigenvalue weighted by atomic mass is 10.1. The fraction of sp³-hybridized carbons (Fsp3) is 0.200. The third-order valence-corrected chi connectivity index (χ3v) is 3.94. The molecule has 0 aliphatic heterocycles. The first-order chi connectivity index (χ1) is 12.5. The van der Waals surface area contributed by atoms with Crippen LogP contribution in [0.5, 0.6) is 0 Å². The molecular weight excluding hydrogens is 338 g/mol. The minimum Gasteiger partial charge on any atom is -0.441 e. The van der Waals surface area contributed by atoms with Gasteiger partial charge in [0, 0.05) is 19.4 Å². The molecular formula is C20H18F2N2O2. The predicted molar refractivity (Wildman–Crippen MR) is 93.2 cm³/mol. The molecule has 0 saturated heterocycles. The molecule has 0 fully saturated rings. The monoisotopic (exact) mass is 356 g/mol. The number of aryl methyl sites for hydroxylation is 2. The summed E-state index contributed by atoms with van der Waals surface area (Å²) in [5.41, 5.74) is 1.92. The number of aromatic nitrogens is 1. The van der Waals surface area contributed by atoms with Crippen molar-refractivity contribution in [1.82, 2.24) is 10.3 Å². The molecule has 1 heterocycles. The van der Waals surface area contributed by atoms with E-state index >= 15 is 0 Å². The molecule has 0 aliphatic carbocycles. The van der Waals surface area contributed by atoms with Crippen molar-refractivity contribution in [2.75, 3.05) is 0 Å². The Labute approximate surface area is 149 Å². The van der Waals surface area contributed by atoms with Gasteiger partial charge >= 0.3 is 0 Å². The van der Waals surface area contributed by atoms with Gasteiger partial charge in [-0.2, -0.15) is 0 Å². The number of nitrogens with zero attached hydrogens (tertiary/aromatic N) is 1. The number of nitrogens with one attached hydrogen (secondary N) is 1. The minimum absolute atomic E-state index is 0.00987. The van der Waals surface area contributed by atoms with E-state index in [1.165, 1.54) is 12.3 Å². The molecule has 1 N–H and O–H groups in total. The van der Waals surface area contributed by atoms with Gasteiger partial charge in [-0.1, -0.05) is 35.9 Å². The van der Waals surface area contributed by atoms with Gasteiger partial charge in [0.2, 0.25) is 5.91 Å². The number of oxazole rings is 1. The summed E-state index contributed by atoms with van der Waals surface area (Å²) in [6.07, 6.45) is 1.68. The molecule has 0 saturated carbocycles. The van der Waals surface area contributed by atoms with Crippen LogP contribution in [-0.4, -0.2) is 10.9 Å². The Morgan fingerprint density at radius 3 is 2.50 bits per heavy atom. The summed E-state index contributed by atoms with van der Waals surface area (Å²) in [4.78, 5) is 15.9. The van der Waals surface area contributed by atoms with E-state index in [9.17, 15) is 13.6 Å². The van der Waals surface area contributed by atoms with Gasteiger partial charge in [-0.15, -0.1) is 0 Å². The lowest BCUT2D eigenvalue weighted by Gasteiger charge is -2.05. The van der Waals surface area contributed by atoms with E-state index < -0.39 is 11.6 Å². The highest BCUT2D eigenvalue weighted by Gasteiger charge is 2.16. The number of halogens is 2. The number of benzene rings is 2. The molecule has 0 aliphatic rings. The Bertz CT molecular complexity index is 884. The Kier molecular flexibility index (Phi) is 5.41. The molecule has 3 rings (SSSR count). The fourth-order valence-electron chi connectivity index (χ4n) is 2.49. The molecule has 0 bridgehead atoms. The molecule has 0 radical (unpaired) electrons. The van der Waals surface area contributed by atoms with Crippen LogP contribution >= 0.6 is 0 Å². The summed E-state index contributed by atoms with van der Waals surface area (Å²) >= 11 is 0. The Hall–Kier alpha value is -3.02. The summed E-state index contributed by atoms with van der Waals surface area (Å²) in [6.45, 7) is 2.44. The van der Waals surface area contributed by atoms with Crippen LogP contribution in [0.2, 0.25) is 0 Å². The number of carbonyl (C=O) groups is 1. The summed E-state index contributed by atoms with van der Waals surface area (Å²) in [7, 11) is 0. The van der Waals surface area contributed by atoms with Gasteiger partial charge in [-0.25, -0.2) is 13.8 Å². The zero-order valence-electron chi connectivity index (χ0n) is 14.3. The summed E-state index contributed by atoms with van der Waals surface area (Å²) in [5, 5.41) is 2.82. The van der Waals surface area contributed by atoms with Crippen molar-refractivity contribution in [2.45, 2.75) is 26.3 Å². The number of rotatable bonds is 6. The van der Waals surface area contributed by atoms with Gasteiger partial charge in [0.15, 0.2) is 11.7 Å². The highest BCUT2D eigenvalue weighted by Crippen LogP contribution is 2.26. The second-order valence-corrected chi connectivity index (χ2v) is 5.98. The average Bonchev–Trinajstić information content (AvgIpc) is 3.08. The maximum absolute atomic E-state index is 13.8. The molecule has 26 heavy (non-hydrogen) atoms. The van der Waals surface area contributed by atoms with Gasteiger partial charge in [0.1, 0.15) is 11.6 Å². The van der Waals surface area contributed by atoms with Crippen LogP contribution in [0, 0.1) is 18.6 Å². The maximum Gasteiger partial charge on any atom is 0.220 e. The Balaban J connectivity index is 1.54. The molecule has 2 aromatic carbocycles. The van der Waals surface area contributed by atoms with Crippen molar-refractivity contribution in [3.05, 3.63) is 77.3 Å². The van der Waals surface area contributed by atoms with Gasteiger partial charge in [-0.05, 0) is 24.6 Å². The fourth-order valence-corrected chi connectivity index (χ4v) is 2.49. The van der Waals surface area contributed by atoms with E-state index in [4.69, 9.17) is 4.42 Å². The zero-order valence-corrected chi connectivity index (χ0v) is 14.3. The molecule has 1 amide bonds. The van der Waals surface area contributed by atoms with Crippen LogP contribution in [0.3, 0.4) is 0 Å². The molecule has 6 heteroatoms. The van der Waals surface area contributed by atoms with Crippen molar-refractivity contribution in [1.29, 1.82) is 0 Å². The maximum atomic E-state index is 13.8. The summed E-state index contributed by atoms with van der Waals surface area (Å²) in [6, 6.07) is 11.5. The normalized spacial score (nSPS) is 10.7. The van der Waals surface area contributed by atoms with E-state index in [1.807, 2.05) is 31.2 Å². The smallest absolute Gasteiger partial charge is 0.220 e. The number of hydrogen-bond acceptors (Lipinski definition) is 3. The van der Waals surface area contributed by atoms with E-state index in [0.717, 1.165) is 23.3 Å². The predicted octanol–water partition coefficient (Wildman–Crippen LogP) is 4.18. The average molecular weight is 356 g/mol. The van der Waals surface area contributed by atoms with Crippen LogP contribution in [0.15, 0.2) is 53.1 Å². The number of amides is 1. The van der Waals surface area contributed by atoms with Crippen molar-refractivity contribution in [2.24, 2.45) is 0 Å². The van der Waals surface area contributed by atoms with Crippen LogP contribution in [0.25, 0.3) is 11.3 Å². The van der Waals surface area contributed by atoms with Crippen LogP contribution < -0.4 is 5.32 Å². The molecule has 0 unspecified atom stereocenters. The number of hydrogen-bond donors (Lipinski definition) is 1. The van der Waals surface area contributed by atoms with E-state index in [2.05, 4.69) is 10.3 Å². The van der Waals surface area contributed by atoms with Crippen molar-refractivity contribution in [3.63, 3.8) is 0 Å². The van der Waals surface area contributed by atoms with Crippen LogP contribution in [0.4, 0.5) is 8.78 Å². The van der Waals surface area contributed by atoms with Gasteiger partial charge in [0.25, 0.3) is 0 Å². The summed E-state index contributed by atoms with van der Waals surface area (Å²) < 4.78 is 32.9. The lowest BCUT2D eigenvalue weighted by Crippen LogP contribution is -2.23. The van der Waals surface area contributed by atoms with Gasteiger partial charge in [0.05, 0.1) is 11.8 Å². The van der Waals surface area contributed by atoms with Crippen molar-refractivity contribution >= 4 is 5.91 Å². The van der Waals surface area contributed by atoms with Crippen LogP contribution in [-0.2, 0) is 17.8 Å². The minimum atomic E-state index is -0.719. The van der Waals surface area contributed by atoms with E-state index in [-0.39, 0.29) is 36.0 Å². The lowest BCUT2D eigenvalue weighted by molar-refractivity contribution is -0.121. The topological polar surface area (TPSA) is 55.1 Å². The van der Waals surface area contributed by atoms with Crippen LogP contribution in [0.1, 0.15) is 23.4 Å². The molecule has 0 spiro atoms. The first-order valence-corrected chi connectivity index (χ1v) is 8.24. The number of carbonyl (C=O) groups excluding carboxylic acids is 1. The SMILES string of the molecule is Cc1ccc(CNC(=O)CCc2ncc(-c3c(F)cccc3F)o2)cc1. The van der Waals surface area contributed by atoms with E-state index in [1.54, 1.807) is 0 Å². The second-order valence-electron chi connectivity index (χ2n) is 5.98. The van der Waals surface area contributed by atoms with Gasteiger partial charge in [-0.3, -0.25) is 4.79 Å². The molecule has 134 valence electrons. The molecule has 4 nitrogen and oxygen atoms in total. The molecule has 1 aromatic heterocycles. The van der Waals surface area contributed by atoms with E-state index in [0.29, 0.717) is 6.54 Å². The van der Waals surface area contributed by atoms with Crippen molar-refractivity contribution in [3.8, 4) is 11.3 Å². The highest BCUT2D eigenvalue weighted by atomic mass is 19.1. The van der Waals surface area contributed by atoms with Crippen molar-refractivity contribution < 1.29 is 18.0 Å². The molecule has 3 aromatic rings. The highest BCUT2D eigenvalue weighted by molar-refractivity contribution is 5.76. The third kappa shape index (κ3) is 4.33. The quantitative estimate of drug-likeness (QED) is 0.721.